The molecule has 0 amide bonds. The molecule has 2 aromatic rings. The molecule has 0 aliphatic heterocycles. The summed E-state index contributed by atoms with van der Waals surface area (Å²) < 4.78 is 12.8. The number of rotatable bonds is 5. The van der Waals surface area contributed by atoms with E-state index in [-0.39, 0.29) is 11.9 Å². The second-order valence-corrected chi connectivity index (χ2v) is 4.83. The van der Waals surface area contributed by atoms with Crippen LogP contribution in [0.2, 0.25) is 0 Å². The molecule has 1 unspecified atom stereocenters. The SMILES string of the molecule is CNC(CSc1ccc(F)cc1)c1cnccn1. The van der Waals surface area contributed by atoms with Gasteiger partial charge in [-0.05, 0) is 31.3 Å². The molecular formula is C13H14FN3S. The van der Waals surface area contributed by atoms with Crippen LogP contribution in [0, 0.1) is 5.82 Å². The summed E-state index contributed by atoms with van der Waals surface area (Å²) in [5, 5.41) is 3.20. The summed E-state index contributed by atoms with van der Waals surface area (Å²) in [5.74, 6) is 0.610. The molecule has 3 nitrogen and oxygen atoms in total. The number of benzene rings is 1. The first-order chi connectivity index (χ1) is 8.79. The molecular weight excluding hydrogens is 249 g/mol. The van der Waals surface area contributed by atoms with Crippen molar-refractivity contribution < 1.29 is 4.39 Å². The van der Waals surface area contributed by atoms with Gasteiger partial charge in [0.15, 0.2) is 0 Å². The normalized spacial score (nSPS) is 12.3. The highest BCUT2D eigenvalue weighted by Crippen LogP contribution is 2.23. The van der Waals surface area contributed by atoms with E-state index in [0.29, 0.717) is 0 Å². The van der Waals surface area contributed by atoms with Crippen LogP contribution in [0.4, 0.5) is 4.39 Å². The standard InChI is InChI=1S/C13H14FN3S/c1-15-13(12-8-16-6-7-17-12)9-18-11-4-2-10(14)3-5-11/h2-8,13,15H,9H2,1H3. The lowest BCUT2D eigenvalue weighted by Gasteiger charge is -2.14. The van der Waals surface area contributed by atoms with E-state index >= 15 is 0 Å². The van der Waals surface area contributed by atoms with Gasteiger partial charge >= 0.3 is 0 Å². The largest absolute Gasteiger partial charge is 0.311 e. The Morgan fingerprint density at radius 1 is 1.28 bits per heavy atom. The Labute approximate surface area is 110 Å². The van der Waals surface area contributed by atoms with Gasteiger partial charge in [-0.2, -0.15) is 0 Å². The second kappa shape index (κ2) is 6.47. The van der Waals surface area contributed by atoms with E-state index < -0.39 is 0 Å². The van der Waals surface area contributed by atoms with Gasteiger partial charge in [-0.1, -0.05) is 0 Å². The highest BCUT2D eigenvalue weighted by Gasteiger charge is 2.10. The molecule has 0 aliphatic rings. The van der Waals surface area contributed by atoms with Gasteiger partial charge in [-0.3, -0.25) is 9.97 Å². The number of hydrogen-bond acceptors (Lipinski definition) is 4. The van der Waals surface area contributed by atoms with E-state index in [9.17, 15) is 4.39 Å². The summed E-state index contributed by atoms with van der Waals surface area (Å²) in [6, 6.07) is 6.64. The van der Waals surface area contributed by atoms with E-state index in [4.69, 9.17) is 0 Å². The first kappa shape index (κ1) is 13.0. The van der Waals surface area contributed by atoms with Crippen LogP contribution in [-0.2, 0) is 0 Å². The third-order valence-electron chi connectivity index (χ3n) is 2.52. The molecule has 2 rings (SSSR count). The summed E-state index contributed by atoms with van der Waals surface area (Å²) in [5.41, 5.74) is 0.912. The minimum atomic E-state index is -0.210. The fourth-order valence-corrected chi connectivity index (χ4v) is 2.54. The molecule has 94 valence electrons. The Morgan fingerprint density at radius 2 is 2.06 bits per heavy atom. The van der Waals surface area contributed by atoms with Crippen molar-refractivity contribution in [1.29, 1.82) is 0 Å². The smallest absolute Gasteiger partial charge is 0.123 e. The predicted octanol–water partition coefficient (Wildman–Crippen LogP) is 2.67. The zero-order valence-corrected chi connectivity index (χ0v) is 10.8. The zero-order chi connectivity index (χ0) is 12.8. The average molecular weight is 263 g/mol. The van der Waals surface area contributed by atoms with Crippen LogP contribution in [-0.4, -0.2) is 22.8 Å². The average Bonchev–Trinajstić information content (AvgIpc) is 2.43. The van der Waals surface area contributed by atoms with Crippen molar-refractivity contribution >= 4 is 11.8 Å². The van der Waals surface area contributed by atoms with Gasteiger partial charge < -0.3 is 5.32 Å². The van der Waals surface area contributed by atoms with Gasteiger partial charge in [0.05, 0.1) is 11.7 Å². The summed E-state index contributed by atoms with van der Waals surface area (Å²) in [4.78, 5) is 9.38. The van der Waals surface area contributed by atoms with Gasteiger partial charge in [0, 0.05) is 29.2 Å². The molecule has 0 aliphatic carbocycles. The first-order valence-corrected chi connectivity index (χ1v) is 6.59. The lowest BCUT2D eigenvalue weighted by Crippen LogP contribution is -2.20. The van der Waals surface area contributed by atoms with Crippen molar-refractivity contribution in [3.05, 3.63) is 54.4 Å². The summed E-state index contributed by atoms with van der Waals surface area (Å²) >= 11 is 1.66. The van der Waals surface area contributed by atoms with E-state index in [0.717, 1.165) is 16.3 Å². The Bertz CT molecular complexity index is 475. The molecule has 5 heteroatoms. The van der Waals surface area contributed by atoms with Gasteiger partial charge in [0.1, 0.15) is 5.82 Å². The molecule has 0 bridgehead atoms. The Morgan fingerprint density at radius 3 is 2.67 bits per heavy atom. The molecule has 1 N–H and O–H groups in total. The fraction of sp³-hybridized carbons (Fsp3) is 0.231. The molecule has 0 saturated heterocycles. The third-order valence-corrected chi connectivity index (χ3v) is 3.62. The van der Waals surface area contributed by atoms with E-state index in [1.807, 2.05) is 7.05 Å². The van der Waals surface area contributed by atoms with Crippen LogP contribution in [0.25, 0.3) is 0 Å². The van der Waals surface area contributed by atoms with Crippen LogP contribution in [0.15, 0.2) is 47.8 Å². The first-order valence-electron chi connectivity index (χ1n) is 5.61. The number of aromatic nitrogens is 2. The molecule has 1 heterocycles. The van der Waals surface area contributed by atoms with Gasteiger partial charge in [-0.25, -0.2) is 4.39 Å². The van der Waals surface area contributed by atoms with E-state index in [1.54, 1.807) is 42.5 Å². The maximum absolute atomic E-state index is 12.8. The molecule has 0 saturated carbocycles. The lowest BCUT2D eigenvalue weighted by atomic mass is 10.2. The molecule has 1 atom stereocenters. The fourth-order valence-electron chi connectivity index (χ4n) is 1.52. The van der Waals surface area contributed by atoms with Gasteiger partial charge in [0.2, 0.25) is 0 Å². The van der Waals surface area contributed by atoms with E-state index in [1.165, 1.54) is 12.1 Å². The minimum absolute atomic E-state index is 0.133. The molecule has 1 aromatic carbocycles. The quantitative estimate of drug-likeness (QED) is 0.842. The Hall–Kier alpha value is -1.46. The highest BCUT2D eigenvalue weighted by molar-refractivity contribution is 7.99. The van der Waals surface area contributed by atoms with Gasteiger partial charge in [0.25, 0.3) is 0 Å². The van der Waals surface area contributed by atoms with Crippen molar-refractivity contribution in [3.8, 4) is 0 Å². The monoisotopic (exact) mass is 263 g/mol. The highest BCUT2D eigenvalue weighted by atomic mass is 32.2. The van der Waals surface area contributed by atoms with Gasteiger partial charge in [-0.15, -0.1) is 11.8 Å². The maximum atomic E-state index is 12.8. The third kappa shape index (κ3) is 3.51. The van der Waals surface area contributed by atoms with Crippen LogP contribution < -0.4 is 5.32 Å². The van der Waals surface area contributed by atoms with Crippen LogP contribution in [0.5, 0.6) is 0 Å². The summed E-state index contributed by atoms with van der Waals surface area (Å²) in [6.45, 7) is 0. The maximum Gasteiger partial charge on any atom is 0.123 e. The lowest BCUT2D eigenvalue weighted by molar-refractivity contribution is 0.626. The molecule has 1 aromatic heterocycles. The number of nitrogens with zero attached hydrogens (tertiary/aromatic N) is 2. The van der Waals surface area contributed by atoms with Crippen LogP contribution in [0.1, 0.15) is 11.7 Å². The van der Waals surface area contributed by atoms with Crippen molar-refractivity contribution in [3.63, 3.8) is 0 Å². The topological polar surface area (TPSA) is 37.8 Å². The van der Waals surface area contributed by atoms with Crippen LogP contribution in [0.3, 0.4) is 0 Å². The van der Waals surface area contributed by atoms with Crippen molar-refractivity contribution in [2.24, 2.45) is 0 Å². The van der Waals surface area contributed by atoms with Crippen molar-refractivity contribution in [1.82, 2.24) is 15.3 Å². The summed E-state index contributed by atoms with van der Waals surface area (Å²) in [7, 11) is 1.89. The van der Waals surface area contributed by atoms with E-state index in [2.05, 4.69) is 15.3 Å². The van der Waals surface area contributed by atoms with Crippen molar-refractivity contribution in [2.45, 2.75) is 10.9 Å². The Balaban J connectivity index is 1.97. The number of hydrogen-bond donors (Lipinski definition) is 1. The van der Waals surface area contributed by atoms with Crippen LogP contribution >= 0.6 is 11.8 Å². The molecule has 0 radical (unpaired) electrons. The number of halogens is 1. The second-order valence-electron chi connectivity index (χ2n) is 3.74. The predicted molar refractivity (Wildman–Crippen MR) is 71.0 cm³/mol. The molecule has 0 fully saturated rings. The number of nitrogens with one attached hydrogen (secondary N) is 1. The molecule has 0 spiro atoms. The Kier molecular flexibility index (Phi) is 4.66. The minimum Gasteiger partial charge on any atom is -0.311 e. The number of thioether (sulfide) groups is 1. The van der Waals surface area contributed by atoms with Crippen molar-refractivity contribution in [2.75, 3.05) is 12.8 Å². The molecule has 18 heavy (non-hydrogen) atoms. The zero-order valence-electron chi connectivity index (χ0n) is 10.0. The summed E-state index contributed by atoms with van der Waals surface area (Å²) in [6.07, 6.45) is 5.10.